The summed E-state index contributed by atoms with van der Waals surface area (Å²) in [6.07, 6.45) is -0.115. The molecule has 1 aromatic heterocycles. The Morgan fingerprint density at radius 1 is 1.50 bits per heavy atom. The van der Waals surface area contributed by atoms with E-state index in [-0.39, 0.29) is 18.3 Å². The highest BCUT2D eigenvalue weighted by atomic mass is 16.5. The van der Waals surface area contributed by atoms with Gasteiger partial charge >= 0.3 is 0 Å². The van der Waals surface area contributed by atoms with Crippen LogP contribution in [-0.4, -0.2) is 52.9 Å². The van der Waals surface area contributed by atoms with E-state index < -0.39 is 0 Å². The van der Waals surface area contributed by atoms with Crippen LogP contribution in [0.5, 0.6) is 0 Å². The predicted molar refractivity (Wildman–Crippen MR) is 79.7 cm³/mol. The summed E-state index contributed by atoms with van der Waals surface area (Å²) in [6.45, 7) is 9.48. The molecule has 0 saturated carbocycles. The molecule has 1 atom stereocenters. The Balaban J connectivity index is 2.03. The molecule has 5 nitrogen and oxygen atoms in total. The number of anilines is 1. The Kier molecular flexibility index (Phi) is 4.96. The molecule has 1 aromatic rings. The van der Waals surface area contributed by atoms with Crippen molar-refractivity contribution in [3.05, 3.63) is 23.9 Å². The third-order valence-electron chi connectivity index (χ3n) is 3.31. The molecule has 1 aliphatic heterocycles. The number of morpholine rings is 1. The quantitative estimate of drug-likeness (QED) is 0.855. The molecule has 1 fully saturated rings. The SMILES string of the molecule is CCNc1cccc(CN2CC(CO)OC(C)(C)C2)n1. The average molecular weight is 279 g/mol. The second kappa shape index (κ2) is 6.52. The summed E-state index contributed by atoms with van der Waals surface area (Å²) >= 11 is 0. The summed E-state index contributed by atoms with van der Waals surface area (Å²) in [5.41, 5.74) is 0.808. The average Bonchev–Trinajstić information content (AvgIpc) is 2.37. The second-order valence-electron chi connectivity index (χ2n) is 5.90. The van der Waals surface area contributed by atoms with Crippen molar-refractivity contribution in [3.63, 3.8) is 0 Å². The van der Waals surface area contributed by atoms with Crippen molar-refractivity contribution in [2.45, 2.75) is 39.0 Å². The molecule has 2 heterocycles. The van der Waals surface area contributed by atoms with Gasteiger partial charge in [0, 0.05) is 26.2 Å². The van der Waals surface area contributed by atoms with Crippen molar-refractivity contribution >= 4 is 5.82 Å². The van der Waals surface area contributed by atoms with Crippen molar-refractivity contribution in [2.75, 3.05) is 31.6 Å². The Hall–Kier alpha value is -1.17. The van der Waals surface area contributed by atoms with E-state index in [1.54, 1.807) is 0 Å². The van der Waals surface area contributed by atoms with E-state index in [0.29, 0.717) is 0 Å². The minimum absolute atomic E-state index is 0.0603. The fourth-order valence-corrected chi connectivity index (χ4v) is 2.71. The number of aliphatic hydroxyl groups is 1. The number of pyridine rings is 1. The van der Waals surface area contributed by atoms with Gasteiger partial charge in [-0.1, -0.05) is 6.07 Å². The minimum atomic E-state index is -0.231. The number of hydrogen-bond acceptors (Lipinski definition) is 5. The number of nitrogens with zero attached hydrogens (tertiary/aromatic N) is 2. The molecule has 1 saturated heterocycles. The monoisotopic (exact) mass is 279 g/mol. The van der Waals surface area contributed by atoms with Crippen LogP contribution in [0.25, 0.3) is 0 Å². The van der Waals surface area contributed by atoms with Crippen LogP contribution >= 0.6 is 0 Å². The van der Waals surface area contributed by atoms with E-state index in [1.165, 1.54) is 0 Å². The number of nitrogens with one attached hydrogen (secondary N) is 1. The van der Waals surface area contributed by atoms with Crippen LogP contribution in [0.4, 0.5) is 5.82 Å². The van der Waals surface area contributed by atoms with Crippen LogP contribution in [0.15, 0.2) is 18.2 Å². The molecule has 2 rings (SSSR count). The first kappa shape index (κ1) is 15.2. The van der Waals surface area contributed by atoms with Crippen LogP contribution in [0.1, 0.15) is 26.5 Å². The Morgan fingerprint density at radius 2 is 2.30 bits per heavy atom. The summed E-state index contributed by atoms with van der Waals surface area (Å²) in [6, 6.07) is 6.04. The molecule has 1 unspecified atom stereocenters. The molecule has 0 aromatic carbocycles. The van der Waals surface area contributed by atoms with Crippen LogP contribution in [0.3, 0.4) is 0 Å². The number of ether oxygens (including phenoxy) is 1. The maximum absolute atomic E-state index is 9.34. The van der Waals surface area contributed by atoms with Gasteiger partial charge < -0.3 is 15.2 Å². The maximum Gasteiger partial charge on any atom is 0.126 e. The molecular formula is C15H25N3O2. The van der Waals surface area contributed by atoms with Crippen molar-refractivity contribution in [3.8, 4) is 0 Å². The molecule has 1 aliphatic rings. The summed E-state index contributed by atoms with van der Waals surface area (Å²) in [7, 11) is 0. The fraction of sp³-hybridized carbons (Fsp3) is 0.667. The second-order valence-corrected chi connectivity index (χ2v) is 5.90. The first-order chi connectivity index (χ1) is 9.52. The lowest BCUT2D eigenvalue weighted by atomic mass is 10.1. The smallest absolute Gasteiger partial charge is 0.126 e. The number of aromatic nitrogens is 1. The zero-order valence-electron chi connectivity index (χ0n) is 12.6. The Bertz CT molecular complexity index is 437. The van der Waals surface area contributed by atoms with Gasteiger partial charge in [0.25, 0.3) is 0 Å². The normalized spacial score (nSPS) is 22.7. The molecule has 5 heteroatoms. The summed E-state index contributed by atoms with van der Waals surface area (Å²) in [5.74, 6) is 0.913. The largest absolute Gasteiger partial charge is 0.394 e. The molecule has 0 aliphatic carbocycles. The third-order valence-corrected chi connectivity index (χ3v) is 3.31. The van der Waals surface area contributed by atoms with Gasteiger partial charge in [0.15, 0.2) is 0 Å². The van der Waals surface area contributed by atoms with Gasteiger partial charge in [0.1, 0.15) is 5.82 Å². The van der Waals surface area contributed by atoms with Crippen molar-refractivity contribution in [1.82, 2.24) is 9.88 Å². The van der Waals surface area contributed by atoms with E-state index in [1.807, 2.05) is 18.2 Å². The van der Waals surface area contributed by atoms with Crippen molar-refractivity contribution in [2.24, 2.45) is 0 Å². The fourth-order valence-electron chi connectivity index (χ4n) is 2.71. The van der Waals surface area contributed by atoms with Crippen LogP contribution in [-0.2, 0) is 11.3 Å². The predicted octanol–water partition coefficient (Wildman–Crippen LogP) is 1.49. The molecule has 0 spiro atoms. The summed E-state index contributed by atoms with van der Waals surface area (Å²) < 4.78 is 5.83. The van der Waals surface area contributed by atoms with E-state index in [2.05, 4.69) is 36.0 Å². The zero-order chi connectivity index (χ0) is 14.6. The first-order valence-electron chi connectivity index (χ1n) is 7.23. The number of aliphatic hydroxyl groups excluding tert-OH is 1. The molecule has 20 heavy (non-hydrogen) atoms. The highest BCUT2D eigenvalue weighted by Crippen LogP contribution is 2.22. The topological polar surface area (TPSA) is 57.6 Å². The highest BCUT2D eigenvalue weighted by molar-refractivity contribution is 5.34. The van der Waals surface area contributed by atoms with Crippen LogP contribution < -0.4 is 5.32 Å². The van der Waals surface area contributed by atoms with E-state index >= 15 is 0 Å². The number of hydrogen-bond donors (Lipinski definition) is 2. The lowest BCUT2D eigenvalue weighted by Gasteiger charge is -2.42. The van der Waals surface area contributed by atoms with Gasteiger partial charge in [-0.25, -0.2) is 4.98 Å². The van der Waals surface area contributed by atoms with Gasteiger partial charge in [-0.3, -0.25) is 4.90 Å². The van der Waals surface area contributed by atoms with Gasteiger partial charge in [-0.15, -0.1) is 0 Å². The summed E-state index contributed by atoms with van der Waals surface area (Å²) in [4.78, 5) is 6.89. The molecule has 112 valence electrons. The molecule has 0 bridgehead atoms. The minimum Gasteiger partial charge on any atom is -0.394 e. The summed E-state index contributed by atoms with van der Waals surface area (Å²) in [5, 5.41) is 12.6. The molecule has 0 amide bonds. The highest BCUT2D eigenvalue weighted by Gasteiger charge is 2.33. The molecule has 0 radical (unpaired) electrons. The van der Waals surface area contributed by atoms with Crippen molar-refractivity contribution in [1.29, 1.82) is 0 Å². The first-order valence-corrected chi connectivity index (χ1v) is 7.23. The maximum atomic E-state index is 9.34. The van der Waals surface area contributed by atoms with Gasteiger partial charge in [-0.2, -0.15) is 0 Å². The third kappa shape index (κ3) is 4.16. The number of rotatable bonds is 5. The van der Waals surface area contributed by atoms with Crippen LogP contribution in [0.2, 0.25) is 0 Å². The molecular weight excluding hydrogens is 254 g/mol. The van der Waals surface area contributed by atoms with E-state index in [4.69, 9.17) is 4.74 Å². The Morgan fingerprint density at radius 3 is 3.00 bits per heavy atom. The lowest BCUT2D eigenvalue weighted by molar-refractivity contribution is -0.150. The lowest BCUT2D eigenvalue weighted by Crippen LogP contribution is -2.53. The Labute approximate surface area is 121 Å². The van der Waals surface area contributed by atoms with Gasteiger partial charge in [0.05, 0.1) is 24.0 Å². The van der Waals surface area contributed by atoms with Crippen molar-refractivity contribution < 1.29 is 9.84 Å². The van der Waals surface area contributed by atoms with Gasteiger partial charge in [-0.05, 0) is 32.9 Å². The van der Waals surface area contributed by atoms with Gasteiger partial charge in [0.2, 0.25) is 0 Å². The van der Waals surface area contributed by atoms with Crippen LogP contribution in [0, 0.1) is 0 Å². The van der Waals surface area contributed by atoms with E-state index in [0.717, 1.165) is 37.7 Å². The van der Waals surface area contributed by atoms with E-state index in [9.17, 15) is 5.11 Å². The zero-order valence-corrected chi connectivity index (χ0v) is 12.6. The standard InChI is InChI=1S/C15H25N3O2/c1-4-16-14-7-5-6-12(17-14)8-18-9-13(10-19)20-15(2,3)11-18/h5-7,13,19H,4,8-11H2,1-3H3,(H,16,17). The molecule has 2 N–H and O–H groups in total.